The molecule has 0 atom stereocenters. The molecule has 1 aliphatic rings. The summed E-state index contributed by atoms with van der Waals surface area (Å²) in [6.07, 6.45) is 0.748. The summed E-state index contributed by atoms with van der Waals surface area (Å²) in [7, 11) is 0. The zero-order valence-electron chi connectivity index (χ0n) is 9.39. The highest BCUT2D eigenvalue weighted by atomic mass is 16.2. The first-order valence-corrected chi connectivity index (χ1v) is 4.12. The highest BCUT2D eigenvalue weighted by Gasteiger charge is 2.15. The summed E-state index contributed by atoms with van der Waals surface area (Å²) in [6, 6.07) is 0. The Bertz CT molecular complexity index is 145. The molecular formula is C12H21NO2. The topological polar surface area (TPSA) is 46.2 Å². The molecule has 1 N–H and O–H groups in total. The van der Waals surface area contributed by atoms with Crippen molar-refractivity contribution in [3.63, 3.8) is 0 Å². The predicted octanol–water partition coefficient (Wildman–Crippen LogP) is 2.63. The number of carbonyl (C=O) groups excluding carboxylic acids is 2. The standard InChI is InChI=1S/C4H5NO2.4C2H4/c6-3-1-2-4(7)5-3;4*1-2/h1-2H2,(H,5,6,7);4*1-2H2. The molecule has 15 heavy (non-hydrogen) atoms. The van der Waals surface area contributed by atoms with Crippen LogP contribution in [0.1, 0.15) is 12.8 Å². The lowest BCUT2D eigenvalue weighted by Crippen LogP contribution is -2.18. The molecule has 0 aromatic rings. The summed E-state index contributed by atoms with van der Waals surface area (Å²) in [5.41, 5.74) is 0. The summed E-state index contributed by atoms with van der Waals surface area (Å²) in [4.78, 5) is 20.2. The lowest BCUT2D eigenvalue weighted by atomic mass is 10.4. The number of rotatable bonds is 0. The van der Waals surface area contributed by atoms with E-state index in [-0.39, 0.29) is 11.8 Å². The second-order valence-electron chi connectivity index (χ2n) is 1.47. The lowest BCUT2D eigenvalue weighted by Gasteiger charge is -1.79. The van der Waals surface area contributed by atoms with E-state index in [9.17, 15) is 9.59 Å². The number of hydrogen-bond donors (Lipinski definition) is 1. The second kappa shape index (κ2) is 29.6. The van der Waals surface area contributed by atoms with Crippen LogP contribution in [0.2, 0.25) is 0 Å². The fraction of sp³-hybridized carbons (Fsp3) is 0.167. The van der Waals surface area contributed by atoms with E-state index in [1.54, 1.807) is 0 Å². The van der Waals surface area contributed by atoms with Crippen molar-refractivity contribution >= 4 is 11.8 Å². The molecule has 3 nitrogen and oxygen atoms in total. The summed E-state index contributed by atoms with van der Waals surface area (Å²) >= 11 is 0. The van der Waals surface area contributed by atoms with Gasteiger partial charge in [0.05, 0.1) is 0 Å². The second-order valence-corrected chi connectivity index (χ2v) is 1.47. The molecule has 1 fully saturated rings. The van der Waals surface area contributed by atoms with Gasteiger partial charge in [0.1, 0.15) is 0 Å². The molecule has 1 rings (SSSR count). The van der Waals surface area contributed by atoms with E-state index in [0.717, 1.165) is 0 Å². The highest BCUT2D eigenvalue weighted by Crippen LogP contribution is 1.95. The third-order valence-electron chi connectivity index (χ3n) is 0.858. The van der Waals surface area contributed by atoms with E-state index < -0.39 is 0 Å². The largest absolute Gasteiger partial charge is 0.296 e. The zero-order valence-corrected chi connectivity index (χ0v) is 9.39. The molecule has 1 aliphatic heterocycles. The summed E-state index contributed by atoms with van der Waals surface area (Å²) in [5.74, 6) is -0.296. The minimum atomic E-state index is -0.148. The lowest BCUT2D eigenvalue weighted by molar-refractivity contribution is -0.124. The smallest absolute Gasteiger partial charge is 0.227 e. The molecule has 3 heteroatoms. The van der Waals surface area contributed by atoms with Crippen LogP contribution in [-0.2, 0) is 9.59 Å². The van der Waals surface area contributed by atoms with Gasteiger partial charge in [-0.05, 0) is 0 Å². The van der Waals surface area contributed by atoms with Gasteiger partial charge < -0.3 is 0 Å². The van der Waals surface area contributed by atoms with Crippen molar-refractivity contribution in [3.05, 3.63) is 52.6 Å². The number of hydrogen-bond acceptors (Lipinski definition) is 2. The van der Waals surface area contributed by atoms with Gasteiger partial charge in [-0.25, -0.2) is 0 Å². The van der Waals surface area contributed by atoms with Crippen LogP contribution in [0.25, 0.3) is 0 Å². The van der Waals surface area contributed by atoms with Gasteiger partial charge in [-0.2, -0.15) is 0 Å². The molecule has 0 saturated carbocycles. The van der Waals surface area contributed by atoms with Crippen LogP contribution in [0, 0.1) is 0 Å². The number of carbonyl (C=O) groups is 2. The number of imide groups is 1. The van der Waals surface area contributed by atoms with Gasteiger partial charge in [-0.1, -0.05) is 0 Å². The maximum Gasteiger partial charge on any atom is 0.227 e. The third kappa shape index (κ3) is 24.5. The minimum absolute atomic E-state index is 0.148. The molecule has 1 heterocycles. The molecule has 0 unspecified atom stereocenters. The molecule has 0 radical (unpaired) electrons. The van der Waals surface area contributed by atoms with Crippen molar-refractivity contribution in [2.45, 2.75) is 12.8 Å². The molecule has 0 aliphatic carbocycles. The Morgan fingerprint density at radius 3 is 0.933 bits per heavy atom. The van der Waals surface area contributed by atoms with Crippen molar-refractivity contribution in [1.82, 2.24) is 5.32 Å². The Hall–Kier alpha value is -1.90. The normalized spacial score (nSPS) is 10.4. The van der Waals surface area contributed by atoms with Crippen LogP contribution in [0.5, 0.6) is 0 Å². The van der Waals surface area contributed by atoms with Crippen molar-refractivity contribution < 1.29 is 9.59 Å². The van der Waals surface area contributed by atoms with Crippen LogP contribution < -0.4 is 5.32 Å². The van der Waals surface area contributed by atoms with E-state index in [1.165, 1.54) is 0 Å². The Morgan fingerprint density at radius 2 is 0.867 bits per heavy atom. The molecule has 86 valence electrons. The number of nitrogens with one attached hydrogen (secondary N) is 1. The third-order valence-corrected chi connectivity index (χ3v) is 0.858. The maximum atomic E-state index is 10.1. The van der Waals surface area contributed by atoms with Crippen molar-refractivity contribution in [1.29, 1.82) is 0 Å². The fourth-order valence-corrected chi connectivity index (χ4v) is 0.508. The summed E-state index contributed by atoms with van der Waals surface area (Å²) in [6.45, 7) is 24.0. The molecule has 0 aromatic heterocycles. The van der Waals surface area contributed by atoms with Crippen molar-refractivity contribution in [3.8, 4) is 0 Å². The number of amides is 2. The van der Waals surface area contributed by atoms with Gasteiger partial charge in [0, 0.05) is 12.8 Å². The van der Waals surface area contributed by atoms with Crippen LogP contribution >= 0.6 is 0 Å². The van der Waals surface area contributed by atoms with Gasteiger partial charge in [-0.15, -0.1) is 52.6 Å². The van der Waals surface area contributed by atoms with E-state index >= 15 is 0 Å². The van der Waals surface area contributed by atoms with Gasteiger partial charge in [-0.3, -0.25) is 14.9 Å². The van der Waals surface area contributed by atoms with Crippen LogP contribution in [-0.4, -0.2) is 11.8 Å². The monoisotopic (exact) mass is 211 g/mol. The molecule has 0 spiro atoms. The van der Waals surface area contributed by atoms with Gasteiger partial charge in [0.2, 0.25) is 11.8 Å². The average molecular weight is 211 g/mol. The minimum Gasteiger partial charge on any atom is -0.296 e. The maximum absolute atomic E-state index is 10.1. The van der Waals surface area contributed by atoms with Crippen molar-refractivity contribution in [2.24, 2.45) is 0 Å². The van der Waals surface area contributed by atoms with Crippen LogP contribution in [0.4, 0.5) is 0 Å². The first-order valence-electron chi connectivity index (χ1n) is 4.12. The summed E-state index contributed by atoms with van der Waals surface area (Å²) < 4.78 is 0. The Balaban J connectivity index is -0.0000000650. The Labute approximate surface area is 92.9 Å². The first-order chi connectivity index (χ1) is 7.29. The van der Waals surface area contributed by atoms with Crippen LogP contribution in [0.15, 0.2) is 52.6 Å². The van der Waals surface area contributed by atoms with Gasteiger partial charge in [0.15, 0.2) is 0 Å². The molecule has 2 amide bonds. The van der Waals surface area contributed by atoms with Crippen LogP contribution in [0.3, 0.4) is 0 Å². The molecule has 0 aromatic carbocycles. The summed E-state index contributed by atoms with van der Waals surface area (Å²) in [5, 5.41) is 2.14. The molecule has 0 bridgehead atoms. The Morgan fingerprint density at radius 1 is 0.667 bits per heavy atom. The first kappa shape index (κ1) is 23.2. The SMILES string of the molecule is C=C.C=C.C=C.C=C.O=C1CCC(=O)N1. The molecular weight excluding hydrogens is 190 g/mol. The van der Waals surface area contributed by atoms with Gasteiger partial charge >= 0.3 is 0 Å². The predicted molar refractivity (Wildman–Crippen MR) is 67.4 cm³/mol. The molecule has 1 saturated heterocycles. The van der Waals surface area contributed by atoms with E-state index in [0.29, 0.717) is 12.8 Å². The fourth-order valence-electron chi connectivity index (χ4n) is 0.508. The van der Waals surface area contributed by atoms with E-state index in [2.05, 4.69) is 57.9 Å². The highest BCUT2D eigenvalue weighted by molar-refractivity contribution is 6.01. The quantitative estimate of drug-likeness (QED) is 0.494. The average Bonchev–Trinajstić information content (AvgIpc) is 2.73. The van der Waals surface area contributed by atoms with Gasteiger partial charge in [0.25, 0.3) is 0 Å². The Kier molecular flexibility index (Phi) is 45.7. The van der Waals surface area contributed by atoms with Crippen molar-refractivity contribution in [2.75, 3.05) is 0 Å². The van der Waals surface area contributed by atoms with E-state index in [4.69, 9.17) is 0 Å². The zero-order chi connectivity index (χ0) is 13.3. The van der Waals surface area contributed by atoms with E-state index in [1.807, 2.05) is 0 Å².